The molecule has 6 heteroatoms. The van der Waals surface area contributed by atoms with Gasteiger partial charge in [0.25, 0.3) is 5.91 Å². The van der Waals surface area contributed by atoms with Gasteiger partial charge < -0.3 is 5.32 Å². The Labute approximate surface area is 146 Å². The van der Waals surface area contributed by atoms with E-state index in [9.17, 15) is 13.2 Å². The van der Waals surface area contributed by atoms with Gasteiger partial charge >= 0.3 is 0 Å². The van der Waals surface area contributed by atoms with Gasteiger partial charge in [-0.1, -0.05) is 42.5 Å². The third-order valence-electron chi connectivity index (χ3n) is 3.96. The summed E-state index contributed by atoms with van der Waals surface area (Å²) in [6, 6.07) is 19.8. The largest absolute Gasteiger partial charge is 0.352 e. The van der Waals surface area contributed by atoms with E-state index >= 15 is 0 Å². The third-order valence-corrected chi connectivity index (χ3v) is 4.89. The number of nitrogens with one attached hydrogen (secondary N) is 1. The van der Waals surface area contributed by atoms with E-state index in [1.165, 1.54) is 12.1 Å². The van der Waals surface area contributed by atoms with Crippen LogP contribution in [0.25, 0.3) is 10.8 Å². The molecule has 3 aromatic carbocycles. The van der Waals surface area contributed by atoms with Gasteiger partial charge in [0.1, 0.15) is 0 Å². The Morgan fingerprint density at radius 3 is 2.28 bits per heavy atom. The summed E-state index contributed by atoms with van der Waals surface area (Å²) in [6.07, 6.45) is 0.601. The SMILES string of the molecule is NS(=O)(=O)c1ccc(CCNC(=O)c2ccc3ccccc3c2)cc1. The van der Waals surface area contributed by atoms with Crippen molar-refractivity contribution in [1.29, 1.82) is 0 Å². The first-order valence-electron chi connectivity index (χ1n) is 7.82. The van der Waals surface area contributed by atoms with Gasteiger partial charge in [0.15, 0.2) is 0 Å². The van der Waals surface area contributed by atoms with Crippen LogP contribution in [0.2, 0.25) is 0 Å². The number of sulfonamides is 1. The zero-order valence-corrected chi connectivity index (χ0v) is 14.3. The normalized spacial score (nSPS) is 11.4. The molecule has 1 amide bonds. The van der Waals surface area contributed by atoms with Crippen LogP contribution >= 0.6 is 0 Å². The Morgan fingerprint density at radius 2 is 1.60 bits per heavy atom. The molecule has 0 saturated heterocycles. The number of fused-ring (bicyclic) bond motifs is 1. The highest BCUT2D eigenvalue weighted by Crippen LogP contribution is 2.15. The van der Waals surface area contributed by atoms with Gasteiger partial charge in [-0.15, -0.1) is 0 Å². The zero-order valence-electron chi connectivity index (χ0n) is 13.5. The van der Waals surface area contributed by atoms with E-state index in [0.29, 0.717) is 18.5 Å². The number of amides is 1. The molecule has 0 heterocycles. The number of hydrogen-bond acceptors (Lipinski definition) is 3. The highest BCUT2D eigenvalue weighted by molar-refractivity contribution is 7.89. The van der Waals surface area contributed by atoms with Gasteiger partial charge in [-0.3, -0.25) is 4.79 Å². The van der Waals surface area contributed by atoms with E-state index in [1.54, 1.807) is 18.2 Å². The van der Waals surface area contributed by atoms with Crippen LogP contribution in [-0.2, 0) is 16.4 Å². The van der Waals surface area contributed by atoms with E-state index < -0.39 is 10.0 Å². The molecule has 3 rings (SSSR count). The molecular weight excluding hydrogens is 336 g/mol. The molecule has 128 valence electrons. The standard InChI is InChI=1S/C19H18N2O3S/c20-25(23,24)18-9-5-14(6-10-18)11-12-21-19(22)17-8-7-15-3-1-2-4-16(15)13-17/h1-10,13H,11-12H2,(H,21,22)(H2,20,23,24). The van der Waals surface area contributed by atoms with Crippen LogP contribution in [0.15, 0.2) is 71.6 Å². The number of carbonyl (C=O) groups excluding carboxylic acids is 1. The number of benzene rings is 3. The lowest BCUT2D eigenvalue weighted by atomic mass is 10.1. The predicted molar refractivity (Wildman–Crippen MR) is 97.8 cm³/mol. The number of rotatable bonds is 5. The molecule has 0 aliphatic heterocycles. The smallest absolute Gasteiger partial charge is 0.251 e. The summed E-state index contributed by atoms with van der Waals surface area (Å²) in [4.78, 5) is 12.3. The Hall–Kier alpha value is -2.70. The molecule has 3 N–H and O–H groups in total. The van der Waals surface area contributed by atoms with E-state index in [2.05, 4.69) is 5.32 Å². The minimum atomic E-state index is -3.68. The summed E-state index contributed by atoms with van der Waals surface area (Å²) < 4.78 is 22.4. The van der Waals surface area contributed by atoms with Gasteiger partial charge in [0, 0.05) is 12.1 Å². The van der Waals surface area contributed by atoms with Gasteiger partial charge in [0.2, 0.25) is 10.0 Å². The minimum absolute atomic E-state index is 0.0800. The maximum absolute atomic E-state index is 12.3. The van der Waals surface area contributed by atoms with Crippen molar-refractivity contribution in [2.75, 3.05) is 6.54 Å². The Bertz CT molecular complexity index is 1010. The number of nitrogens with two attached hydrogens (primary N) is 1. The molecule has 0 aliphatic rings. The molecular formula is C19H18N2O3S. The van der Waals surface area contributed by atoms with Crippen molar-refractivity contribution in [3.05, 3.63) is 77.9 Å². The molecule has 0 radical (unpaired) electrons. The van der Waals surface area contributed by atoms with E-state index in [1.807, 2.05) is 36.4 Å². The summed E-state index contributed by atoms with van der Waals surface area (Å²) >= 11 is 0. The first-order valence-corrected chi connectivity index (χ1v) is 9.37. The summed E-state index contributed by atoms with van der Waals surface area (Å²) in [7, 11) is -3.68. The predicted octanol–water partition coefficient (Wildman–Crippen LogP) is 2.46. The van der Waals surface area contributed by atoms with Crippen LogP contribution in [-0.4, -0.2) is 20.9 Å². The molecule has 0 bridgehead atoms. The number of hydrogen-bond donors (Lipinski definition) is 2. The molecule has 3 aromatic rings. The fourth-order valence-corrected chi connectivity index (χ4v) is 3.11. The van der Waals surface area contributed by atoms with Crippen LogP contribution in [0, 0.1) is 0 Å². The van der Waals surface area contributed by atoms with Crippen LogP contribution in [0.4, 0.5) is 0 Å². The van der Waals surface area contributed by atoms with E-state index in [0.717, 1.165) is 16.3 Å². The monoisotopic (exact) mass is 354 g/mol. The maximum atomic E-state index is 12.3. The molecule has 0 fully saturated rings. The Morgan fingerprint density at radius 1 is 0.920 bits per heavy atom. The molecule has 0 saturated carbocycles. The topological polar surface area (TPSA) is 89.3 Å². The Balaban J connectivity index is 1.60. The average molecular weight is 354 g/mol. The first kappa shape index (κ1) is 17.1. The number of primary sulfonamides is 1. The minimum Gasteiger partial charge on any atom is -0.352 e. The molecule has 25 heavy (non-hydrogen) atoms. The molecule has 5 nitrogen and oxygen atoms in total. The second-order valence-corrected chi connectivity index (χ2v) is 7.32. The third kappa shape index (κ3) is 4.23. The van der Waals surface area contributed by atoms with E-state index in [4.69, 9.17) is 5.14 Å². The summed E-state index contributed by atoms with van der Waals surface area (Å²) in [6.45, 7) is 0.459. The molecule has 0 aliphatic carbocycles. The van der Waals surface area contributed by atoms with Crippen molar-refractivity contribution >= 4 is 26.7 Å². The lowest BCUT2D eigenvalue weighted by molar-refractivity contribution is 0.0954. The molecule has 0 unspecified atom stereocenters. The molecule has 0 atom stereocenters. The van der Waals surface area contributed by atoms with Crippen molar-refractivity contribution in [3.63, 3.8) is 0 Å². The van der Waals surface area contributed by atoms with Crippen molar-refractivity contribution in [3.8, 4) is 0 Å². The second-order valence-electron chi connectivity index (χ2n) is 5.76. The summed E-state index contributed by atoms with van der Waals surface area (Å²) in [5, 5.41) is 10.1. The van der Waals surface area contributed by atoms with Crippen LogP contribution < -0.4 is 10.5 Å². The van der Waals surface area contributed by atoms with Crippen molar-refractivity contribution < 1.29 is 13.2 Å². The van der Waals surface area contributed by atoms with Gasteiger partial charge in [-0.25, -0.2) is 13.6 Å². The molecule has 0 spiro atoms. The van der Waals surface area contributed by atoms with Crippen molar-refractivity contribution in [2.45, 2.75) is 11.3 Å². The quantitative estimate of drug-likeness (QED) is 0.737. The van der Waals surface area contributed by atoms with Crippen molar-refractivity contribution in [1.82, 2.24) is 5.32 Å². The highest BCUT2D eigenvalue weighted by Gasteiger charge is 2.08. The lowest BCUT2D eigenvalue weighted by Gasteiger charge is -2.07. The van der Waals surface area contributed by atoms with E-state index in [-0.39, 0.29) is 10.8 Å². The van der Waals surface area contributed by atoms with Crippen LogP contribution in [0.5, 0.6) is 0 Å². The summed E-state index contributed by atoms with van der Waals surface area (Å²) in [5.74, 6) is -0.132. The second kappa shape index (κ2) is 7.04. The fourth-order valence-electron chi connectivity index (χ4n) is 2.60. The van der Waals surface area contributed by atoms with Gasteiger partial charge in [0.05, 0.1) is 4.90 Å². The van der Waals surface area contributed by atoms with Gasteiger partial charge in [-0.2, -0.15) is 0 Å². The molecule has 0 aromatic heterocycles. The Kier molecular flexibility index (Phi) is 4.83. The average Bonchev–Trinajstić information content (AvgIpc) is 2.61. The zero-order chi connectivity index (χ0) is 17.9. The van der Waals surface area contributed by atoms with Gasteiger partial charge in [-0.05, 0) is 47.0 Å². The van der Waals surface area contributed by atoms with Crippen molar-refractivity contribution in [2.24, 2.45) is 5.14 Å². The van der Waals surface area contributed by atoms with Crippen LogP contribution in [0.1, 0.15) is 15.9 Å². The fraction of sp³-hybridized carbons (Fsp3) is 0.105. The summed E-state index contributed by atoms with van der Waals surface area (Å²) in [5.41, 5.74) is 1.54. The maximum Gasteiger partial charge on any atom is 0.251 e. The lowest BCUT2D eigenvalue weighted by Crippen LogP contribution is -2.25. The van der Waals surface area contributed by atoms with Crippen LogP contribution in [0.3, 0.4) is 0 Å². The highest BCUT2D eigenvalue weighted by atomic mass is 32.2. The number of carbonyl (C=O) groups is 1. The first-order chi connectivity index (χ1) is 11.9.